The summed E-state index contributed by atoms with van der Waals surface area (Å²) in [6.07, 6.45) is 4.12. The fraction of sp³-hybridized carbons (Fsp3) is 0.270. The van der Waals surface area contributed by atoms with Gasteiger partial charge >= 0.3 is 0 Å². The predicted octanol–water partition coefficient (Wildman–Crippen LogP) is 14.2. The third-order valence-corrected chi connectivity index (χ3v) is 18.3. The maximum Gasteiger partial charge on any atom is 0.234 e. The lowest BCUT2D eigenvalue weighted by Crippen LogP contribution is -2.45. The first-order valence-electron chi connectivity index (χ1n) is 25.4. The lowest BCUT2D eigenvalue weighted by Gasteiger charge is -2.38. The molecule has 7 aromatic carbocycles. The second-order valence-electron chi connectivity index (χ2n) is 18.7. The first-order chi connectivity index (χ1) is 35.3. The van der Waals surface area contributed by atoms with Gasteiger partial charge in [0.25, 0.3) is 0 Å². The van der Waals surface area contributed by atoms with Gasteiger partial charge in [-0.2, -0.15) is 0 Å². The number of carbonyl (C=O) groups is 2. The van der Waals surface area contributed by atoms with E-state index in [0.717, 1.165) is 61.2 Å². The highest BCUT2D eigenvalue weighted by Crippen LogP contribution is 2.50. The highest BCUT2D eigenvalue weighted by molar-refractivity contribution is 8.00. The van der Waals surface area contributed by atoms with Crippen LogP contribution in [-0.2, 0) is 19.1 Å². The molecular weight excluding hydrogens is 966 g/mol. The van der Waals surface area contributed by atoms with Gasteiger partial charge in [0.1, 0.15) is 0 Å². The molecule has 0 saturated carbocycles. The summed E-state index contributed by atoms with van der Waals surface area (Å²) < 4.78 is -0.931. The molecule has 72 heavy (non-hydrogen) atoms. The maximum atomic E-state index is 14.3. The molecule has 9 rings (SSSR count). The SMILES string of the molecule is CCC(=O)C1=C(c2ccc(Cl)c(Cl)c2)CC2CCC1N2CCCN(CCSC(c1ccccc1)(c1ccccc1)c1ccccc1)CC(=O)NCCSC(c1ccccc1)(c1ccccc1)c1ccccc1. The molecule has 1 amide bonds. The van der Waals surface area contributed by atoms with Crippen molar-refractivity contribution in [2.24, 2.45) is 0 Å². The van der Waals surface area contributed by atoms with E-state index >= 15 is 0 Å². The summed E-state index contributed by atoms with van der Waals surface area (Å²) in [7, 11) is 0. The molecule has 368 valence electrons. The zero-order chi connectivity index (χ0) is 49.8. The Hall–Kier alpha value is -5.38. The molecule has 0 radical (unpaired) electrons. The van der Waals surface area contributed by atoms with E-state index in [1.165, 1.54) is 33.4 Å². The van der Waals surface area contributed by atoms with Gasteiger partial charge in [-0.3, -0.25) is 19.4 Å². The number of thioether (sulfide) groups is 2. The largest absolute Gasteiger partial charge is 0.354 e. The third kappa shape index (κ3) is 11.4. The molecule has 0 aromatic heterocycles. The molecule has 2 aliphatic heterocycles. The van der Waals surface area contributed by atoms with E-state index in [2.05, 4.69) is 197 Å². The van der Waals surface area contributed by atoms with E-state index in [-0.39, 0.29) is 24.3 Å². The molecule has 1 N–H and O–H groups in total. The first-order valence-corrected chi connectivity index (χ1v) is 28.1. The number of ketones is 1. The molecule has 1 fully saturated rings. The van der Waals surface area contributed by atoms with Crippen molar-refractivity contribution in [1.82, 2.24) is 15.1 Å². The van der Waals surface area contributed by atoms with Gasteiger partial charge in [-0.25, -0.2) is 0 Å². The molecule has 0 aliphatic carbocycles. The quantitative estimate of drug-likeness (QED) is 0.0509. The summed E-state index contributed by atoms with van der Waals surface area (Å²) in [4.78, 5) is 33.1. The van der Waals surface area contributed by atoms with E-state index in [1.54, 1.807) is 0 Å². The maximum absolute atomic E-state index is 14.3. The number of hydrogen-bond acceptors (Lipinski definition) is 6. The Morgan fingerprint density at radius 3 is 1.50 bits per heavy atom. The predicted molar refractivity (Wildman–Crippen MR) is 304 cm³/mol. The Labute approximate surface area is 445 Å². The Morgan fingerprint density at radius 2 is 1.06 bits per heavy atom. The van der Waals surface area contributed by atoms with E-state index in [1.807, 2.05) is 48.6 Å². The van der Waals surface area contributed by atoms with Gasteiger partial charge in [-0.05, 0) is 88.9 Å². The van der Waals surface area contributed by atoms with Crippen LogP contribution < -0.4 is 5.32 Å². The number of amides is 1. The van der Waals surface area contributed by atoms with Crippen molar-refractivity contribution >= 4 is 64.0 Å². The van der Waals surface area contributed by atoms with Crippen molar-refractivity contribution in [1.29, 1.82) is 0 Å². The molecule has 2 atom stereocenters. The number of fused-ring (bicyclic) bond motifs is 2. The van der Waals surface area contributed by atoms with Crippen LogP contribution in [-0.4, -0.2) is 77.8 Å². The normalized spacial score (nSPS) is 16.0. The zero-order valence-corrected chi connectivity index (χ0v) is 44.1. The van der Waals surface area contributed by atoms with Crippen LogP contribution >= 0.6 is 46.7 Å². The Kier molecular flexibility index (Phi) is 17.6. The number of benzene rings is 7. The number of hydrogen-bond donors (Lipinski definition) is 1. The second kappa shape index (κ2) is 24.6. The second-order valence-corrected chi connectivity index (χ2v) is 22.2. The summed E-state index contributed by atoms with van der Waals surface area (Å²) in [6.45, 7) is 5.07. The van der Waals surface area contributed by atoms with Gasteiger partial charge in [0.15, 0.2) is 5.78 Å². The Balaban J connectivity index is 0.946. The number of nitrogens with one attached hydrogen (secondary N) is 1. The average molecular weight is 1030 g/mol. The molecule has 5 nitrogen and oxygen atoms in total. The molecule has 2 bridgehead atoms. The van der Waals surface area contributed by atoms with Crippen LogP contribution in [0.25, 0.3) is 5.57 Å². The van der Waals surface area contributed by atoms with Crippen LogP contribution in [0, 0.1) is 0 Å². The van der Waals surface area contributed by atoms with Gasteiger partial charge in [-0.1, -0.05) is 218 Å². The van der Waals surface area contributed by atoms with Gasteiger partial charge < -0.3 is 5.32 Å². The van der Waals surface area contributed by atoms with Crippen LogP contribution in [0.4, 0.5) is 0 Å². The molecular formula is C63H63Cl2N3O2S2. The smallest absolute Gasteiger partial charge is 0.234 e. The van der Waals surface area contributed by atoms with Crippen molar-refractivity contribution in [2.75, 3.05) is 44.2 Å². The van der Waals surface area contributed by atoms with Crippen LogP contribution in [0.15, 0.2) is 206 Å². The van der Waals surface area contributed by atoms with Crippen LogP contribution in [0.3, 0.4) is 0 Å². The molecule has 2 aliphatic rings. The van der Waals surface area contributed by atoms with Crippen LogP contribution in [0.1, 0.15) is 78.0 Å². The molecule has 0 spiro atoms. The van der Waals surface area contributed by atoms with Crippen molar-refractivity contribution in [3.63, 3.8) is 0 Å². The molecule has 7 aromatic rings. The highest BCUT2D eigenvalue weighted by Gasteiger charge is 2.43. The summed E-state index contributed by atoms with van der Waals surface area (Å²) in [5, 5.41) is 4.39. The standard InChI is InChI=1S/C63H63Cl2N3O2S2/c1-2-59(69)61-55(47-34-36-56(64)57(65)44-47)45-54-35-37-58(61)68(54)40-21-39-67(41-43-72-63(51-28-15-6-16-29-51,52-30-17-7-18-31-52)53-32-19-8-20-33-53)46-60(70)66-38-42-71-62(48-22-9-3-10-23-48,49-24-11-4-12-25-49)50-26-13-5-14-27-50/h3-20,22-34,36,44,54,58H,2,21,35,37-43,45-46H2,1H3,(H,66,70). The first kappa shape index (κ1) is 51.5. The Morgan fingerprint density at radius 1 is 0.597 bits per heavy atom. The monoisotopic (exact) mass is 1030 g/mol. The minimum atomic E-state index is -0.467. The summed E-state index contributed by atoms with van der Waals surface area (Å²) >= 11 is 16.7. The van der Waals surface area contributed by atoms with Crippen molar-refractivity contribution in [3.8, 4) is 0 Å². The fourth-order valence-electron chi connectivity index (χ4n) is 11.1. The molecule has 2 unspecified atom stereocenters. The van der Waals surface area contributed by atoms with Gasteiger partial charge in [-0.15, -0.1) is 23.5 Å². The number of rotatable bonds is 23. The van der Waals surface area contributed by atoms with Crippen LogP contribution in [0.5, 0.6) is 0 Å². The third-order valence-electron chi connectivity index (χ3n) is 14.4. The summed E-state index contributed by atoms with van der Waals surface area (Å²) in [5.41, 5.74) is 10.3. The molecule has 1 saturated heterocycles. The molecule has 9 heteroatoms. The Bertz CT molecular complexity index is 2700. The number of Topliss-reactive ketones (excluding diaryl/α,β-unsaturated/α-hetero) is 1. The minimum Gasteiger partial charge on any atom is -0.354 e. The summed E-state index contributed by atoms with van der Waals surface area (Å²) in [5.74, 6) is 1.72. The van der Waals surface area contributed by atoms with E-state index in [9.17, 15) is 9.59 Å². The zero-order valence-electron chi connectivity index (χ0n) is 41.0. The molecule has 2 heterocycles. The number of carbonyl (C=O) groups excluding carboxylic acids is 2. The van der Waals surface area contributed by atoms with Crippen LogP contribution in [0.2, 0.25) is 10.0 Å². The van der Waals surface area contributed by atoms with Gasteiger partial charge in [0.2, 0.25) is 5.91 Å². The van der Waals surface area contributed by atoms with E-state index in [4.69, 9.17) is 23.2 Å². The van der Waals surface area contributed by atoms with Crippen molar-refractivity contribution in [2.45, 2.75) is 60.6 Å². The van der Waals surface area contributed by atoms with E-state index in [0.29, 0.717) is 41.4 Å². The van der Waals surface area contributed by atoms with Gasteiger partial charge in [0.05, 0.1) is 26.1 Å². The minimum absolute atomic E-state index is 0.0221. The average Bonchev–Trinajstić information content (AvgIpc) is 3.71. The van der Waals surface area contributed by atoms with Crippen molar-refractivity contribution in [3.05, 3.63) is 255 Å². The lowest BCUT2D eigenvalue weighted by molar-refractivity contribution is -0.122. The summed E-state index contributed by atoms with van der Waals surface area (Å²) in [6, 6.07) is 70.8. The number of nitrogens with zero attached hydrogens (tertiary/aromatic N) is 2. The van der Waals surface area contributed by atoms with E-state index < -0.39 is 9.49 Å². The lowest BCUT2D eigenvalue weighted by atomic mass is 9.84. The van der Waals surface area contributed by atoms with Crippen molar-refractivity contribution < 1.29 is 9.59 Å². The fourth-order valence-corrected chi connectivity index (χ4v) is 14.4. The van der Waals surface area contributed by atoms with Gasteiger partial charge in [0, 0.05) is 55.2 Å². The highest BCUT2D eigenvalue weighted by atomic mass is 35.5. The topological polar surface area (TPSA) is 52.7 Å². The number of halogens is 2.